The predicted octanol–water partition coefficient (Wildman–Crippen LogP) is 15.1. The number of carbonyl (C=O) groups excluding carboxylic acids is 2. The number of unbranched alkanes of at least 4 members (excludes halogenated alkanes) is 8. The SMILES string of the molecule is CC/C=C/C/C=C/C/C=C/C/C=C/C/C=C/C/C=C/CCCCCC(=O)OCC(COCCC(C(=O)O)[N+](C)(C)C)OC(=O)CCCC/C=C/C/C=C/C/C=C/C/C=C/C/C=C/CCCCC. The van der Waals surface area contributed by atoms with Gasteiger partial charge in [-0.15, -0.1) is 0 Å². The zero-order chi connectivity index (χ0) is 49.2. The Morgan fingerprint density at radius 1 is 0.463 bits per heavy atom. The molecule has 67 heavy (non-hydrogen) atoms. The van der Waals surface area contributed by atoms with Crippen molar-refractivity contribution in [2.24, 2.45) is 0 Å². The summed E-state index contributed by atoms with van der Waals surface area (Å²) in [6, 6.07) is -0.638. The van der Waals surface area contributed by atoms with E-state index >= 15 is 0 Å². The molecular weight excluding hydrogens is 835 g/mol. The molecule has 0 aromatic rings. The Balaban J connectivity index is 4.45. The summed E-state index contributed by atoms with van der Waals surface area (Å²) in [5, 5.41) is 9.66. The molecule has 0 spiro atoms. The van der Waals surface area contributed by atoms with Crippen molar-refractivity contribution in [1.29, 1.82) is 0 Å². The van der Waals surface area contributed by atoms with Gasteiger partial charge in [0, 0.05) is 19.3 Å². The first-order valence-corrected chi connectivity index (χ1v) is 25.7. The third-order valence-electron chi connectivity index (χ3n) is 10.5. The van der Waals surface area contributed by atoms with Gasteiger partial charge in [0.25, 0.3) is 0 Å². The lowest BCUT2D eigenvalue weighted by Crippen LogP contribution is -2.50. The first kappa shape index (κ1) is 62.5. The van der Waals surface area contributed by atoms with Gasteiger partial charge < -0.3 is 23.8 Å². The van der Waals surface area contributed by atoms with Gasteiger partial charge in [-0.3, -0.25) is 9.59 Å². The highest BCUT2D eigenvalue weighted by molar-refractivity contribution is 5.72. The highest BCUT2D eigenvalue weighted by Gasteiger charge is 2.31. The van der Waals surface area contributed by atoms with Crippen LogP contribution in [0.4, 0.5) is 0 Å². The van der Waals surface area contributed by atoms with Crippen molar-refractivity contribution < 1.29 is 38.2 Å². The number of ether oxygens (including phenoxy) is 3. The van der Waals surface area contributed by atoms with Crippen molar-refractivity contribution in [3.05, 3.63) is 134 Å². The predicted molar refractivity (Wildman–Crippen MR) is 284 cm³/mol. The van der Waals surface area contributed by atoms with E-state index < -0.39 is 18.1 Å². The van der Waals surface area contributed by atoms with E-state index in [2.05, 4.69) is 148 Å². The number of aliphatic carboxylic acids is 1. The third kappa shape index (κ3) is 46.4. The molecule has 0 rings (SSSR count). The Bertz CT molecular complexity index is 1550. The number of carbonyl (C=O) groups is 3. The smallest absolute Gasteiger partial charge is 0.362 e. The van der Waals surface area contributed by atoms with Gasteiger partial charge >= 0.3 is 17.9 Å². The second-order valence-corrected chi connectivity index (χ2v) is 17.7. The maximum Gasteiger partial charge on any atom is 0.362 e. The van der Waals surface area contributed by atoms with Gasteiger partial charge in [0.05, 0.1) is 34.4 Å². The average Bonchev–Trinajstić information content (AvgIpc) is 3.29. The van der Waals surface area contributed by atoms with E-state index in [4.69, 9.17) is 14.2 Å². The Kier molecular flexibility index (Phi) is 44.7. The van der Waals surface area contributed by atoms with Crippen LogP contribution in [-0.4, -0.2) is 80.6 Å². The summed E-state index contributed by atoms with van der Waals surface area (Å²) in [4.78, 5) is 37.2. The van der Waals surface area contributed by atoms with Crippen molar-refractivity contribution >= 4 is 17.9 Å². The maximum absolute atomic E-state index is 12.8. The molecule has 0 saturated heterocycles. The number of quaternary nitrogens is 1. The molecule has 8 heteroatoms. The van der Waals surface area contributed by atoms with Crippen LogP contribution in [0.5, 0.6) is 0 Å². The molecular formula is C59H94NO7+. The fourth-order valence-electron chi connectivity index (χ4n) is 6.58. The molecule has 0 aromatic carbocycles. The van der Waals surface area contributed by atoms with Crippen LogP contribution < -0.4 is 0 Å². The summed E-state index contributed by atoms with van der Waals surface area (Å²) in [5.74, 6) is -1.58. The van der Waals surface area contributed by atoms with Crippen molar-refractivity contribution in [2.75, 3.05) is 41.0 Å². The highest BCUT2D eigenvalue weighted by atomic mass is 16.6. The molecule has 0 heterocycles. The van der Waals surface area contributed by atoms with Gasteiger partial charge in [0.2, 0.25) is 0 Å². The lowest BCUT2D eigenvalue weighted by Gasteiger charge is -2.31. The zero-order valence-corrected chi connectivity index (χ0v) is 42.8. The van der Waals surface area contributed by atoms with Crippen LogP contribution in [0.3, 0.4) is 0 Å². The summed E-state index contributed by atoms with van der Waals surface area (Å²) in [7, 11) is 5.49. The van der Waals surface area contributed by atoms with E-state index in [0.29, 0.717) is 19.3 Å². The number of rotatable bonds is 44. The van der Waals surface area contributed by atoms with Crippen molar-refractivity contribution in [3.8, 4) is 0 Å². The molecule has 0 radical (unpaired) electrons. The van der Waals surface area contributed by atoms with E-state index in [-0.39, 0.29) is 42.7 Å². The fourth-order valence-corrected chi connectivity index (χ4v) is 6.58. The summed E-state index contributed by atoms with van der Waals surface area (Å²) in [6.45, 7) is 4.49. The molecule has 2 atom stereocenters. The van der Waals surface area contributed by atoms with E-state index in [1.807, 2.05) is 21.1 Å². The Morgan fingerprint density at radius 3 is 1.24 bits per heavy atom. The quantitative estimate of drug-likeness (QED) is 0.0281. The van der Waals surface area contributed by atoms with Crippen LogP contribution in [-0.2, 0) is 28.6 Å². The van der Waals surface area contributed by atoms with E-state index in [9.17, 15) is 19.5 Å². The molecule has 0 saturated carbocycles. The molecule has 2 unspecified atom stereocenters. The lowest BCUT2D eigenvalue weighted by molar-refractivity contribution is -0.887. The van der Waals surface area contributed by atoms with E-state index in [1.54, 1.807) is 0 Å². The number of nitrogens with zero attached hydrogens (tertiary/aromatic N) is 1. The molecule has 0 aliphatic carbocycles. The van der Waals surface area contributed by atoms with Gasteiger partial charge in [0.15, 0.2) is 12.1 Å². The Morgan fingerprint density at radius 2 is 0.836 bits per heavy atom. The van der Waals surface area contributed by atoms with Crippen LogP contribution in [0.2, 0.25) is 0 Å². The highest BCUT2D eigenvalue weighted by Crippen LogP contribution is 2.11. The topological polar surface area (TPSA) is 99.1 Å². The number of allylic oxidation sites excluding steroid dienone is 22. The minimum absolute atomic E-state index is 0.0225. The molecule has 376 valence electrons. The number of carboxylic acid groups (broad SMARTS) is 1. The monoisotopic (exact) mass is 929 g/mol. The molecule has 0 aliphatic rings. The number of hydrogen-bond acceptors (Lipinski definition) is 6. The molecule has 0 aliphatic heterocycles. The van der Waals surface area contributed by atoms with Crippen molar-refractivity contribution in [1.82, 2.24) is 0 Å². The van der Waals surface area contributed by atoms with E-state index in [0.717, 1.165) is 103 Å². The fraction of sp³-hybridized carbons (Fsp3) is 0.576. The minimum atomic E-state index is -0.893. The van der Waals surface area contributed by atoms with Crippen molar-refractivity contribution in [3.63, 3.8) is 0 Å². The second kappa shape index (κ2) is 47.9. The Hall–Kier alpha value is -4.53. The normalized spacial score (nSPS) is 14.0. The standard InChI is InChI=1S/C59H93NO7/c1-6-8-10-12-14-16-18-20-22-24-26-28-30-31-33-35-37-39-41-43-45-47-49-57(61)66-54-55(53-65-52-51-56(59(63)64)60(3,4)5)67-58(62)50-48-46-44-42-40-38-36-34-32-29-27-25-23-21-19-17-15-13-11-9-7-2/h8,10,14-17,20-23,26-29,31,33-34,36-37,39-40,42,55-56H,6-7,9,11-13,18-19,24-25,30,32,35,38,41,43-54H2,1-5H3/p+1/b10-8+,16-14+,17-15+,22-20+,23-21+,28-26+,29-27+,33-31+,36-34+,39-37+,42-40+. The van der Waals surface area contributed by atoms with Gasteiger partial charge in [-0.2, -0.15) is 0 Å². The molecule has 0 aromatic heterocycles. The third-order valence-corrected chi connectivity index (χ3v) is 10.5. The summed E-state index contributed by atoms with van der Waals surface area (Å²) >= 11 is 0. The van der Waals surface area contributed by atoms with Gasteiger partial charge in [-0.25, -0.2) is 4.79 Å². The number of carboxylic acids is 1. The average molecular weight is 929 g/mol. The number of esters is 2. The molecule has 0 fully saturated rings. The second-order valence-electron chi connectivity index (χ2n) is 17.7. The lowest BCUT2D eigenvalue weighted by atomic mass is 10.1. The summed E-state index contributed by atoms with van der Waals surface area (Å²) in [5.41, 5.74) is 0. The zero-order valence-electron chi connectivity index (χ0n) is 42.8. The Labute approximate surface area is 409 Å². The first-order chi connectivity index (χ1) is 32.6. The van der Waals surface area contributed by atoms with Crippen LogP contribution in [0.1, 0.15) is 168 Å². The molecule has 8 nitrogen and oxygen atoms in total. The van der Waals surface area contributed by atoms with Gasteiger partial charge in [-0.05, 0) is 116 Å². The van der Waals surface area contributed by atoms with Crippen LogP contribution in [0.25, 0.3) is 0 Å². The minimum Gasteiger partial charge on any atom is -0.477 e. The molecule has 1 N–H and O–H groups in total. The summed E-state index contributed by atoms with van der Waals surface area (Å²) in [6.07, 6.45) is 69.3. The van der Waals surface area contributed by atoms with Crippen LogP contribution in [0, 0.1) is 0 Å². The maximum atomic E-state index is 12.8. The van der Waals surface area contributed by atoms with Crippen molar-refractivity contribution in [2.45, 2.75) is 180 Å². The van der Waals surface area contributed by atoms with Gasteiger partial charge in [-0.1, -0.05) is 167 Å². The van der Waals surface area contributed by atoms with Crippen LogP contribution in [0.15, 0.2) is 134 Å². The molecule has 0 amide bonds. The van der Waals surface area contributed by atoms with E-state index in [1.165, 1.54) is 25.7 Å². The van der Waals surface area contributed by atoms with Crippen LogP contribution >= 0.6 is 0 Å². The number of hydrogen-bond donors (Lipinski definition) is 1. The number of likely N-dealkylation sites (N-methyl/N-ethyl adjacent to an activating group) is 1. The largest absolute Gasteiger partial charge is 0.477 e. The first-order valence-electron chi connectivity index (χ1n) is 25.7. The van der Waals surface area contributed by atoms with Gasteiger partial charge in [0.1, 0.15) is 6.61 Å². The molecule has 0 bridgehead atoms. The summed E-state index contributed by atoms with van der Waals surface area (Å²) < 4.78 is 17.3.